The van der Waals surface area contributed by atoms with E-state index in [2.05, 4.69) is 57.6 Å². The Kier molecular flexibility index (Phi) is 8.36. The van der Waals surface area contributed by atoms with Crippen LogP contribution in [-0.4, -0.2) is 28.2 Å². The number of rotatable bonds is 5. The van der Waals surface area contributed by atoms with Crippen LogP contribution in [0.1, 0.15) is 36.3 Å². The fraction of sp³-hybridized carbons (Fsp3) is 0.375. The van der Waals surface area contributed by atoms with Gasteiger partial charge in [0.05, 0.1) is 17.3 Å². The van der Waals surface area contributed by atoms with E-state index in [0.717, 1.165) is 33.3 Å². The van der Waals surface area contributed by atoms with Gasteiger partial charge in [0.2, 0.25) is 0 Å². The van der Waals surface area contributed by atoms with Crippen molar-refractivity contribution in [1.82, 2.24) is 20.3 Å². The summed E-state index contributed by atoms with van der Waals surface area (Å²) in [7, 11) is 1.90. The van der Waals surface area contributed by atoms with Crippen LogP contribution in [0.4, 0.5) is 5.82 Å². The Morgan fingerprint density at radius 2 is 2.00 bits per heavy atom. The minimum absolute atomic E-state index is 0. The Balaban J connectivity index is 0.00000169. The molecule has 26 heavy (non-hydrogen) atoms. The first-order valence-corrected chi connectivity index (χ1v) is 9.30. The zero-order valence-electron chi connectivity index (χ0n) is 14.9. The van der Waals surface area contributed by atoms with Crippen molar-refractivity contribution in [3.05, 3.63) is 33.4 Å². The Bertz CT molecular complexity index is 869. The standard InChI is InChI=1S/C16H20N6S2.2ClH/c1-16(2,3)12-5-11-14(18-9-19-15(11)24-12)22-20-7-13-21-10(6-17-4)8-23-13;;/h5,7-9,17H,6H2,1-4H3,(H,18,19,22);2*1H/b20-7+;;. The van der Waals surface area contributed by atoms with Gasteiger partial charge in [-0.3, -0.25) is 5.43 Å². The third-order valence-electron chi connectivity index (χ3n) is 3.34. The van der Waals surface area contributed by atoms with Gasteiger partial charge in [0.15, 0.2) is 5.82 Å². The number of anilines is 1. The third-order valence-corrected chi connectivity index (χ3v) is 5.64. The van der Waals surface area contributed by atoms with Gasteiger partial charge in [0.25, 0.3) is 0 Å². The van der Waals surface area contributed by atoms with E-state index in [4.69, 9.17) is 0 Å². The van der Waals surface area contributed by atoms with Gasteiger partial charge in [0.1, 0.15) is 16.2 Å². The molecule has 3 heterocycles. The summed E-state index contributed by atoms with van der Waals surface area (Å²) < 4.78 is 0. The number of hydrogen-bond donors (Lipinski definition) is 2. The van der Waals surface area contributed by atoms with Gasteiger partial charge in [-0.15, -0.1) is 47.5 Å². The summed E-state index contributed by atoms with van der Waals surface area (Å²) in [5, 5.41) is 11.2. The zero-order valence-corrected chi connectivity index (χ0v) is 18.2. The Hall–Kier alpha value is -1.32. The summed E-state index contributed by atoms with van der Waals surface area (Å²) in [5.41, 5.74) is 4.13. The summed E-state index contributed by atoms with van der Waals surface area (Å²) in [6, 6.07) is 2.15. The van der Waals surface area contributed by atoms with Crippen LogP contribution in [0.3, 0.4) is 0 Å². The zero-order chi connectivity index (χ0) is 17.2. The molecule has 10 heteroatoms. The second kappa shape index (κ2) is 9.57. The number of nitrogens with one attached hydrogen (secondary N) is 2. The lowest BCUT2D eigenvalue weighted by atomic mass is 9.94. The monoisotopic (exact) mass is 432 g/mol. The number of hydrogen-bond acceptors (Lipinski definition) is 8. The molecule has 0 saturated heterocycles. The molecule has 6 nitrogen and oxygen atoms in total. The molecule has 3 aromatic heterocycles. The smallest absolute Gasteiger partial charge is 0.158 e. The molecular weight excluding hydrogens is 411 g/mol. The van der Waals surface area contributed by atoms with Gasteiger partial charge in [-0.05, 0) is 18.5 Å². The number of fused-ring (bicyclic) bond motifs is 1. The average Bonchev–Trinajstić information content (AvgIpc) is 3.14. The third kappa shape index (κ3) is 5.34. The lowest BCUT2D eigenvalue weighted by Crippen LogP contribution is -2.07. The Morgan fingerprint density at radius 1 is 1.23 bits per heavy atom. The first kappa shape index (κ1) is 22.7. The highest BCUT2D eigenvalue weighted by atomic mass is 35.5. The fourth-order valence-corrected chi connectivity index (χ4v) is 3.84. The molecule has 0 aliphatic rings. The second-order valence-corrected chi connectivity index (χ2v) is 8.30. The normalized spacial score (nSPS) is 11.4. The van der Waals surface area contributed by atoms with E-state index in [-0.39, 0.29) is 30.2 Å². The topological polar surface area (TPSA) is 75.1 Å². The molecule has 0 atom stereocenters. The molecular formula is C16H22Cl2N6S2. The molecule has 0 aromatic carbocycles. The molecule has 0 radical (unpaired) electrons. The Labute approximate surface area is 173 Å². The number of nitrogens with zero attached hydrogens (tertiary/aromatic N) is 4. The SMILES string of the molecule is CNCc1csc(/C=N/Nc2ncnc3sc(C(C)(C)C)cc23)n1.Cl.Cl. The average molecular weight is 433 g/mol. The molecule has 0 aliphatic carbocycles. The van der Waals surface area contributed by atoms with Gasteiger partial charge >= 0.3 is 0 Å². The lowest BCUT2D eigenvalue weighted by molar-refractivity contribution is 0.604. The molecule has 0 unspecified atom stereocenters. The van der Waals surface area contributed by atoms with Crippen LogP contribution < -0.4 is 10.7 Å². The molecule has 0 saturated carbocycles. The van der Waals surface area contributed by atoms with E-state index < -0.39 is 0 Å². The predicted molar refractivity (Wildman–Crippen MR) is 117 cm³/mol. The number of aromatic nitrogens is 3. The minimum Gasteiger partial charge on any atom is -0.314 e. The van der Waals surface area contributed by atoms with E-state index >= 15 is 0 Å². The lowest BCUT2D eigenvalue weighted by Gasteiger charge is -2.14. The van der Waals surface area contributed by atoms with Gasteiger partial charge in [0, 0.05) is 16.8 Å². The van der Waals surface area contributed by atoms with Crippen LogP contribution in [-0.2, 0) is 12.0 Å². The van der Waals surface area contributed by atoms with E-state index in [0.29, 0.717) is 0 Å². The summed E-state index contributed by atoms with van der Waals surface area (Å²) in [6.07, 6.45) is 3.28. The van der Waals surface area contributed by atoms with Crippen LogP contribution in [0.5, 0.6) is 0 Å². The predicted octanol–water partition coefficient (Wildman–Crippen LogP) is 4.45. The quantitative estimate of drug-likeness (QED) is 0.459. The van der Waals surface area contributed by atoms with E-state index in [1.165, 1.54) is 4.88 Å². The van der Waals surface area contributed by atoms with Crippen molar-refractivity contribution in [3.8, 4) is 0 Å². The Morgan fingerprint density at radius 3 is 2.69 bits per heavy atom. The van der Waals surface area contributed by atoms with Crippen molar-refractivity contribution in [3.63, 3.8) is 0 Å². The maximum atomic E-state index is 4.47. The molecule has 0 fully saturated rings. The van der Waals surface area contributed by atoms with Gasteiger partial charge in [-0.2, -0.15) is 5.10 Å². The maximum absolute atomic E-state index is 4.47. The van der Waals surface area contributed by atoms with Crippen molar-refractivity contribution >= 4 is 69.7 Å². The van der Waals surface area contributed by atoms with Gasteiger partial charge in [-0.1, -0.05) is 20.8 Å². The van der Waals surface area contributed by atoms with Gasteiger partial charge < -0.3 is 5.32 Å². The number of halogens is 2. The van der Waals surface area contributed by atoms with Crippen molar-refractivity contribution < 1.29 is 0 Å². The highest BCUT2D eigenvalue weighted by Crippen LogP contribution is 2.35. The minimum atomic E-state index is 0. The maximum Gasteiger partial charge on any atom is 0.158 e. The van der Waals surface area contributed by atoms with Gasteiger partial charge in [-0.25, -0.2) is 15.0 Å². The van der Waals surface area contributed by atoms with Crippen LogP contribution in [0.15, 0.2) is 22.9 Å². The second-order valence-electron chi connectivity index (χ2n) is 6.38. The molecule has 0 spiro atoms. The van der Waals surface area contributed by atoms with Crippen LogP contribution in [0, 0.1) is 0 Å². The summed E-state index contributed by atoms with van der Waals surface area (Å²) >= 11 is 3.26. The largest absolute Gasteiger partial charge is 0.314 e. The number of thiazole rings is 1. The highest BCUT2D eigenvalue weighted by molar-refractivity contribution is 7.18. The summed E-state index contributed by atoms with van der Waals surface area (Å²) in [5.74, 6) is 0.718. The van der Waals surface area contributed by atoms with E-state index in [1.54, 1.807) is 35.2 Å². The van der Waals surface area contributed by atoms with E-state index in [1.807, 2.05) is 12.4 Å². The van der Waals surface area contributed by atoms with Crippen LogP contribution >= 0.6 is 47.5 Å². The first-order valence-electron chi connectivity index (χ1n) is 7.60. The van der Waals surface area contributed by atoms with Crippen LogP contribution in [0.25, 0.3) is 10.2 Å². The highest BCUT2D eigenvalue weighted by Gasteiger charge is 2.18. The molecule has 142 valence electrons. The number of thiophene rings is 1. The molecule has 3 aromatic rings. The van der Waals surface area contributed by atoms with Crippen molar-refractivity contribution in [2.24, 2.45) is 5.10 Å². The molecule has 0 bridgehead atoms. The van der Waals surface area contributed by atoms with E-state index in [9.17, 15) is 0 Å². The summed E-state index contributed by atoms with van der Waals surface area (Å²) in [6.45, 7) is 7.35. The fourth-order valence-electron chi connectivity index (χ4n) is 2.11. The molecule has 0 aliphatic heterocycles. The van der Waals surface area contributed by atoms with Crippen LogP contribution in [0.2, 0.25) is 0 Å². The molecule has 0 amide bonds. The number of hydrazone groups is 1. The van der Waals surface area contributed by atoms with Crippen molar-refractivity contribution in [2.45, 2.75) is 32.7 Å². The molecule has 3 rings (SSSR count). The van der Waals surface area contributed by atoms with Crippen molar-refractivity contribution in [1.29, 1.82) is 0 Å². The van der Waals surface area contributed by atoms with Crippen molar-refractivity contribution in [2.75, 3.05) is 12.5 Å². The first-order chi connectivity index (χ1) is 11.5. The summed E-state index contributed by atoms with van der Waals surface area (Å²) in [4.78, 5) is 15.4. The molecule has 2 N–H and O–H groups in total.